The van der Waals surface area contributed by atoms with Crippen molar-refractivity contribution in [3.63, 3.8) is 0 Å². The third-order valence-electron chi connectivity index (χ3n) is 10.1. The van der Waals surface area contributed by atoms with Crippen LogP contribution in [0.2, 0.25) is 0 Å². The van der Waals surface area contributed by atoms with E-state index in [1.54, 1.807) is 11.8 Å². The zero-order chi connectivity index (χ0) is 39.2. The Kier molecular flexibility index (Phi) is 13.2. The second-order valence-corrected chi connectivity index (χ2v) is 18.1. The maximum absolute atomic E-state index is 13.2. The summed E-state index contributed by atoms with van der Waals surface area (Å²) in [5, 5.41) is 6.13. The first-order chi connectivity index (χ1) is 25.5. The summed E-state index contributed by atoms with van der Waals surface area (Å²) in [7, 11) is -0.910. The van der Waals surface area contributed by atoms with Crippen LogP contribution in [-0.4, -0.2) is 78.5 Å². The Hall–Kier alpha value is -4.27. The van der Waals surface area contributed by atoms with Gasteiger partial charge in [0.25, 0.3) is 11.8 Å². The molecule has 2 unspecified atom stereocenters. The van der Waals surface area contributed by atoms with E-state index in [1.807, 2.05) is 107 Å². The van der Waals surface area contributed by atoms with Crippen LogP contribution in [0.25, 0.3) is 11.1 Å². The molecule has 0 spiro atoms. The van der Waals surface area contributed by atoms with Crippen LogP contribution in [0.1, 0.15) is 112 Å². The number of hydrogen-bond donors (Lipinski definition) is 2. The Labute approximate surface area is 322 Å². The van der Waals surface area contributed by atoms with Crippen molar-refractivity contribution < 1.29 is 28.4 Å². The topological polar surface area (TPSA) is 117 Å². The van der Waals surface area contributed by atoms with Gasteiger partial charge in [-0.1, -0.05) is 30.3 Å². The normalized spacial score (nSPS) is 18.0. The molecule has 2 aliphatic rings. The van der Waals surface area contributed by atoms with E-state index in [0.29, 0.717) is 43.5 Å². The first-order valence-electron chi connectivity index (χ1n) is 19.1. The molecule has 0 bridgehead atoms. The summed E-state index contributed by atoms with van der Waals surface area (Å²) in [6.07, 6.45) is 4.50. The number of anilines is 1. The van der Waals surface area contributed by atoms with E-state index in [9.17, 15) is 19.2 Å². The third kappa shape index (κ3) is 10.9. The van der Waals surface area contributed by atoms with Crippen molar-refractivity contribution in [2.75, 3.05) is 37.5 Å². The highest BCUT2D eigenvalue weighted by Crippen LogP contribution is 2.35. The number of hydrogen-bond acceptors (Lipinski definition) is 6. The lowest BCUT2D eigenvalue weighted by Crippen LogP contribution is -2.44. The Balaban J connectivity index is 1.04. The molecule has 0 radical (unpaired) electrons. The lowest BCUT2D eigenvalue weighted by molar-refractivity contribution is -0.117. The summed E-state index contributed by atoms with van der Waals surface area (Å²) in [6, 6.07) is 21.7. The summed E-state index contributed by atoms with van der Waals surface area (Å²) in [5.41, 5.74) is 5.47. The van der Waals surface area contributed by atoms with Gasteiger partial charge in [0.05, 0.1) is 12.9 Å². The highest BCUT2D eigenvalue weighted by molar-refractivity contribution is 7.51. The van der Waals surface area contributed by atoms with Crippen LogP contribution < -0.4 is 15.5 Å². The quantitative estimate of drug-likeness (QED) is 0.190. The van der Waals surface area contributed by atoms with Crippen LogP contribution in [0.4, 0.5) is 10.5 Å². The molecule has 290 valence electrons. The first kappa shape index (κ1) is 40.9. The van der Waals surface area contributed by atoms with E-state index in [0.717, 1.165) is 48.1 Å². The number of rotatable bonds is 11. The van der Waals surface area contributed by atoms with Crippen molar-refractivity contribution in [2.45, 2.75) is 104 Å². The molecule has 10 nitrogen and oxygen atoms in total. The summed E-state index contributed by atoms with van der Waals surface area (Å²) in [5.74, 6) is -0.0417. The van der Waals surface area contributed by atoms with Crippen LogP contribution >= 0.6 is 8.15 Å². The van der Waals surface area contributed by atoms with Gasteiger partial charge in [-0.15, -0.1) is 0 Å². The fourth-order valence-corrected chi connectivity index (χ4v) is 7.96. The molecule has 1 saturated heterocycles. The minimum Gasteiger partial charge on any atom is -0.444 e. The number of likely N-dealkylation sites (tertiary alicyclic amines) is 1. The molecule has 11 heteroatoms. The molecular weight excluding hydrogens is 699 g/mol. The fraction of sp³-hybridized carbons (Fsp3) is 0.488. The number of nitrogens with one attached hydrogen (secondary N) is 2. The SMILES string of the molecule is CC(=O)N1c2ccc(-c3ccc(C(=O)NC(C)(C)CCOP(C)CNC(=O)c4ccc(C5CCCN(C(=O)OC(C)(C)C)C5)cc4)cc3)cc2CC[C@@H]1C. The highest BCUT2D eigenvalue weighted by atomic mass is 31.1. The van der Waals surface area contributed by atoms with Crippen LogP contribution in [0.5, 0.6) is 0 Å². The van der Waals surface area contributed by atoms with Crippen LogP contribution in [0, 0.1) is 0 Å². The Morgan fingerprint density at radius 2 is 1.52 bits per heavy atom. The van der Waals surface area contributed by atoms with Gasteiger partial charge < -0.3 is 29.7 Å². The van der Waals surface area contributed by atoms with Crippen molar-refractivity contribution >= 4 is 37.7 Å². The molecule has 2 N–H and O–H groups in total. The molecule has 54 heavy (non-hydrogen) atoms. The molecule has 3 aromatic carbocycles. The van der Waals surface area contributed by atoms with Gasteiger partial charge in [-0.05, 0) is 139 Å². The number of benzene rings is 3. The third-order valence-corrected chi connectivity index (χ3v) is 11.3. The van der Waals surface area contributed by atoms with Gasteiger partial charge in [-0.25, -0.2) is 4.79 Å². The van der Waals surface area contributed by atoms with E-state index < -0.39 is 19.3 Å². The van der Waals surface area contributed by atoms with E-state index in [2.05, 4.69) is 23.6 Å². The minimum absolute atomic E-state index is 0.0609. The average Bonchev–Trinajstić information content (AvgIpc) is 3.12. The number of aryl methyl sites for hydroxylation is 1. The molecule has 3 aromatic rings. The molecule has 0 aromatic heterocycles. The highest BCUT2D eigenvalue weighted by Gasteiger charge is 2.29. The lowest BCUT2D eigenvalue weighted by Gasteiger charge is -2.34. The molecule has 1 fully saturated rings. The maximum Gasteiger partial charge on any atom is 0.410 e. The molecule has 4 amide bonds. The van der Waals surface area contributed by atoms with Crippen molar-refractivity contribution in [1.82, 2.24) is 15.5 Å². The molecular formula is C43H57N4O6P. The minimum atomic E-state index is -0.910. The van der Waals surface area contributed by atoms with Crippen LogP contribution in [-0.2, 0) is 20.5 Å². The number of amides is 4. The van der Waals surface area contributed by atoms with Crippen molar-refractivity contribution in [1.29, 1.82) is 0 Å². The number of fused-ring (bicyclic) bond motifs is 1. The number of nitrogens with zero attached hydrogens (tertiary/aromatic N) is 2. The Morgan fingerprint density at radius 1 is 0.870 bits per heavy atom. The molecule has 3 atom stereocenters. The predicted octanol–water partition coefficient (Wildman–Crippen LogP) is 8.49. The standard InChI is InChI=1S/C43H57N4O6P/c1-29-11-12-36-26-35(21-22-38(36)47(29)30(2)48)31-13-19-34(20-14-31)40(50)45-43(6,7)23-25-52-54(8)28-44-39(49)33-17-15-32(16-18-33)37-10-9-24-46(27-37)41(51)53-42(3,4)5/h13-22,26,29,37H,9-12,23-25,27-28H2,1-8H3,(H,44,49)(H,45,50)/t29-,37?,54?/m0/s1. The van der Waals surface area contributed by atoms with Gasteiger partial charge in [0.15, 0.2) is 0 Å². The molecule has 5 rings (SSSR count). The second kappa shape index (κ2) is 17.5. The van der Waals surface area contributed by atoms with Gasteiger partial charge in [-0.2, -0.15) is 0 Å². The predicted molar refractivity (Wildman–Crippen MR) is 216 cm³/mol. The van der Waals surface area contributed by atoms with Crippen LogP contribution in [0.3, 0.4) is 0 Å². The first-order valence-corrected chi connectivity index (χ1v) is 20.9. The number of ether oxygens (including phenoxy) is 1. The van der Waals surface area contributed by atoms with E-state index in [-0.39, 0.29) is 35.8 Å². The van der Waals surface area contributed by atoms with Crippen LogP contribution in [0.15, 0.2) is 66.7 Å². The van der Waals surface area contributed by atoms with Gasteiger partial charge in [0, 0.05) is 62.5 Å². The van der Waals surface area contributed by atoms with Gasteiger partial charge in [0.2, 0.25) is 5.91 Å². The summed E-state index contributed by atoms with van der Waals surface area (Å²) in [6.45, 7) is 17.0. The second-order valence-electron chi connectivity index (χ2n) is 16.3. The molecule has 2 heterocycles. The lowest BCUT2D eigenvalue weighted by atomic mass is 9.90. The Bertz CT molecular complexity index is 1800. The monoisotopic (exact) mass is 756 g/mol. The smallest absolute Gasteiger partial charge is 0.410 e. The zero-order valence-electron chi connectivity index (χ0n) is 33.2. The van der Waals surface area contributed by atoms with E-state index >= 15 is 0 Å². The molecule has 2 aliphatic heterocycles. The van der Waals surface area contributed by atoms with Gasteiger partial charge in [0.1, 0.15) is 5.60 Å². The largest absolute Gasteiger partial charge is 0.444 e. The maximum atomic E-state index is 13.2. The summed E-state index contributed by atoms with van der Waals surface area (Å²) in [4.78, 5) is 54.6. The van der Waals surface area contributed by atoms with E-state index in [1.165, 1.54) is 5.56 Å². The van der Waals surface area contributed by atoms with Gasteiger partial charge >= 0.3 is 6.09 Å². The molecule has 0 aliphatic carbocycles. The van der Waals surface area contributed by atoms with Crippen molar-refractivity contribution in [3.05, 3.63) is 89.0 Å². The zero-order valence-corrected chi connectivity index (χ0v) is 34.1. The van der Waals surface area contributed by atoms with E-state index in [4.69, 9.17) is 9.26 Å². The number of piperidine rings is 1. The average molecular weight is 757 g/mol. The molecule has 0 saturated carbocycles. The summed E-state index contributed by atoms with van der Waals surface area (Å²) >= 11 is 0. The summed E-state index contributed by atoms with van der Waals surface area (Å²) < 4.78 is 11.6. The number of carbonyl (C=O) groups excluding carboxylic acids is 4. The van der Waals surface area contributed by atoms with Crippen molar-refractivity contribution in [2.24, 2.45) is 0 Å². The number of carbonyl (C=O) groups is 4. The van der Waals surface area contributed by atoms with Gasteiger partial charge in [-0.3, -0.25) is 14.4 Å². The Morgan fingerprint density at radius 3 is 2.19 bits per heavy atom. The fourth-order valence-electron chi connectivity index (χ4n) is 7.10. The van der Waals surface area contributed by atoms with Crippen molar-refractivity contribution in [3.8, 4) is 11.1 Å².